The van der Waals surface area contributed by atoms with Gasteiger partial charge < -0.3 is 25.2 Å². The second-order valence-electron chi connectivity index (χ2n) is 6.09. The first-order valence-electron chi connectivity index (χ1n) is 8.53. The highest BCUT2D eigenvalue weighted by molar-refractivity contribution is 5.84. The third kappa shape index (κ3) is 8.18. The predicted molar refractivity (Wildman–Crippen MR) is 93.8 cm³/mol. The molecule has 1 aliphatic rings. The second kappa shape index (κ2) is 11.2. The van der Waals surface area contributed by atoms with E-state index in [1.54, 1.807) is 26.1 Å². The van der Waals surface area contributed by atoms with Gasteiger partial charge >= 0.3 is 0 Å². The Morgan fingerprint density at radius 2 is 2.04 bits per heavy atom. The van der Waals surface area contributed by atoms with Crippen LogP contribution in [0.1, 0.15) is 26.2 Å². The summed E-state index contributed by atoms with van der Waals surface area (Å²) in [6.07, 6.45) is 3.28. The second-order valence-corrected chi connectivity index (χ2v) is 6.09. The summed E-state index contributed by atoms with van der Waals surface area (Å²) in [6.45, 7) is 7.12. The van der Waals surface area contributed by atoms with E-state index in [1.165, 1.54) is 0 Å². The number of likely N-dealkylation sites (tertiary alicyclic amines) is 1. The van der Waals surface area contributed by atoms with Gasteiger partial charge in [-0.05, 0) is 26.2 Å². The molecule has 23 heavy (non-hydrogen) atoms. The van der Waals surface area contributed by atoms with Gasteiger partial charge in [0.05, 0.1) is 0 Å². The normalized spacial score (nSPS) is 17.1. The van der Waals surface area contributed by atoms with Crippen molar-refractivity contribution in [1.82, 2.24) is 20.4 Å². The molecule has 0 atom stereocenters. The Labute approximate surface area is 140 Å². The van der Waals surface area contributed by atoms with E-state index in [0.29, 0.717) is 6.04 Å². The summed E-state index contributed by atoms with van der Waals surface area (Å²) in [5.74, 6) is 0.746. The predicted octanol–water partition coefficient (Wildman–Crippen LogP) is 0.131. The fraction of sp³-hybridized carbons (Fsp3) is 0.875. The molecule has 1 fully saturated rings. The maximum atomic E-state index is 11.7. The molecule has 0 spiro atoms. The molecule has 0 bridgehead atoms. The smallest absolute Gasteiger partial charge is 0.243 e. The van der Waals surface area contributed by atoms with Crippen LogP contribution >= 0.6 is 0 Å². The van der Waals surface area contributed by atoms with Gasteiger partial charge in [0.1, 0.15) is 6.54 Å². The van der Waals surface area contributed by atoms with Crippen LogP contribution in [0.3, 0.4) is 0 Å². The van der Waals surface area contributed by atoms with Crippen LogP contribution in [0, 0.1) is 0 Å². The van der Waals surface area contributed by atoms with Gasteiger partial charge in [0.15, 0.2) is 5.96 Å². The number of carbonyl (C=O) groups is 1. The summed E-state index contributed by atoms with van der Waals surface area (Å²) in [5, 5.41) is 6.67. The molecular formula is C16H33N5O2. The lowest BCUT2D eigenvalue weighted by Crippen LogP contribution is -2.49. The van der Waals surface area contributed by atoms with E-state index in [2.05, 4.69) is 20.5 Å². The first-order chi connectivity index (χ1) is 11.1. The molecule has 1 rings (SSSR count). The van der Waals surface area contributed by atoms with Crippen molar-refractivity contribution in [3.05, 3.63) is 0 Å². The number of ether oxygens (including phenoxy) is 1. The third-order valence-corrected chi connectivity index (χ3v) is 3.97. The van der Waals surface area contributed by atoms with Crippen molar-refractivity contribution in [2.75, 3.05) is 60.5 Å². The minimum atomic E-state index is 0.00941. The largest absolute Gasteiger partial charge is 0.385 e. The zero-order valence-electron chi connectivity index (χ0n) is 15.1. The standard InChI is InChI=1S/C16H33N5O2/c1-5-17-16(18-13-15(22)20(2)3)19-14-7-10-21(11-8-14)9-6-12-23-4/h14H,5-13H2,1-4H3,(H2,17,18,19). The minimum absolute atomic E-state index is 0.00941. The van der Waals surface area contributed by atoms with E-state index < -0.39 is 0 Å². The SMILES string of the molecule is CCNC(=NCC(=O)N(C)C)NC1CCN(CCCOC)CC1. The molecular weight excluding hydrogens is 294 g/mol. The zero-order chi connectivity index (χ0) is 17.1. The number of piperidine rings is 1. The van der Waals surface area contributed by atoms with Gasteiger partial charge in [-0.15, -0.1) is 0 Å². The summed E-state index contributed by atoms with van der Waals surface area (Å²) in [4.78, 5) is 20.1. The van der Waals surface area contributed by atoms with E-state index in [1.807, 2.05) is 6.92 Å². The third-order valence-electron chi connectivity index (χ3n) is 3.97. The van der Waals surface area contributed by atoms with Crippen molar-refractivity contribution in [3.8, 4) is 0 Å². The molecule has 0 aromatic rings. The Morgan fingerprint density at radius 1 is 1.35 bits per heavy atom. The van der Waals surface area contributed by atoms with Crippen molar-refractivity contribution in [3.63, 3.8) is 0 Å². The van der Waals surface area contributed by atoms with Crippen LogP contribution in [0.5, 0.6) is 0 Å². The Kier molecular flexibility index (Phi) is 9.63. The lowest BCUT2D eigenvalue weighted by Gasteiger charge is -2.33. The quantitative estimate of drug-likeness (QED) is 0.377. The maximum Gasteiger partial charge on any atom is 0.243 e. The molecule has 0 aromatic heterocycles. The van der Waals surface area contributed by atoms with E-state index in [4.69, 9.17) is 4.74 Å². The number of hydrogen-bond acceptors (Lipinski definition) is 4. The molecule has 0 aliphatic carbocycles. The molecule has 7 nitrogen and oxygen atoms in total. The Hall–Kier alpha value is -1.34. The van der Waals surface area contributed by atoms with E-state index >= 15 is 0 Å². The topological polar surface area (TPSA) is 69.2 Å². The fourth-order valence-corrected chi connectivity index (χ4v) is 2.53. The number of rotatable bonds is 8. The first-order valence-corrected chi connectivity index (χ1v) is 8.53. The Morgan fingerprint density at radius 3 is 2.61 bits per heavy atom. The van der Waals surface area contributed by atoms with Crippen molar-refractivity contribution < 1.29 is 9.53 Å². The van der Waals surface area contributed by atoms with Crippen LogP contribution in [0.2, 0.25) is 0 Å². The van der Waals surface area contributed by atoms with Gasteiger partial charge in [-0.1, -0.05) is 0 Å². The van der Waals surface area contributed by atoms with E-state index in [0.717, 1.165) is 58.0 Å². The first kappa shape index (κ1) is 19.7. The van der Waals surface area contributed by atoms with Gasteiger partial charge in [0.2, 0.25) is 5.91 Å². The summed E-state index contributed by atoms with van der Waals surface area (Å²) < 4.78 is 5.10. The van der Waals surface area contributed by atoms with Crippen LogP contribution in [0.25, 0.3) is 0 Å². The number of nitrogens with zero attached hydrogens (tertiary/aromatic N) is 3. The van der Waals surface area contributed by atoms with Crippen LogP contribution < -0.4 is 10.6 Å². The van der Waals surface area contributed by atoms with E-state index in [-0.39, 0.29) is 12.5 Å². The highest BCUT2D eigenvalue weighted by Gasteiger charge is 2.19. The molecule has 0 aromatic carbocycles. The number of nitrogens with one attached hydrogen (secondary N) is 2. The van der Waals surface area contributed by atoms with E-state index in [9.17, 15) is 4.79 Å². The summed E-state index contributed by atoms with van der Waals surface area (Å²) in [6, 6.07) is 0.418. The van der Waals surface area contributed by atoms with Gasteiger partial charge in [-0.2, -0.15) is 0 Å². The number of likely N-dealkylation sites (N-methyl/N-ethyl adjacent to an activating group) is 1. The maximum absolute atomic E-state index is 11.7. The van der Waals surface area contributed by atoms with Crippen LogP contribution in [-0.2, 0) is 9.53 Å². The lowest BCUT2D eigenvalue weighted by molar-refractivity contribution is -0.127. The molecule has 2 N–H and O–H groups in total. The molecule has 0 saturated carbocycles. The average molecular weight is 327 g/mol. The molecule has 134 valence electrons. The Balaban J connectivity index is 2.37. The lowest BCUT2D eigenvalue weighted by atomic mass is 10.1. The monoisotopic (exact) mass is 327 g/mol. The van der Waals surface area contributed by atoms with Gasteiger partial charge in [0, 0.05) is 60.0 Å². The van der Waals surface area contributed by atoms with Gasteiger partial charge in [-0.25, -0.2) is 4.99 Å². The van der Waals surface area contributed by atoms with Crippen LogP contribution in [0.15, 0.2) is 4.99 Å². The summed E-state index contributed by atoms with van der Waals surface area (Å²) in [5.41, 5.74) is 0. The summed E-state index contributed by atoms with van der Waals surface area (Å²) in [7, 11) is 5.24. The molecule has 1 heterocycles. The van der Waals surface area contributed by atoms with Gasteiger partial charge in [0.25, 0.3) is 0 Å². The molecule has 1 aliphatic heterocycles. The molecule has 0 unspecified atom stereocenters. The number of carbonyl (C=O) groups excluding carboxylic acids is 1. The number of methoxy groups -OCH3 is 1. The zero-order valence-corrected chi connectivity index (χ0v) is 15.1. The Bertz CT molecular complexity index is 365. The van der Waals surface area contributed by atoms with Gasteiger partial charge in [-0.3, -0.25) is 4.79 Å². The van der Waals surface area contributed by atoms with Crippen molar-refractivity contribution in [1.29, 1.82) is 0 Å². The average Bonchev–Trinajstić information content (AvgIpc) is 2.54. The van der Waals surface area contributed by atoms with Crippen LogP contribution in [0.4, 0.5) is 0 Å². The van der Waals surface area contributed by atoms with Crippen molar-refractivity contribution >= 4 is 11.9 Å². The summed E-state index contributed by atoms with van der Waals surface area (Å²) >= 11 is 0. The van der Waals surface area contributed by atoms with Crippen LogP contribution in [-0.4, -0.2) is 88.2 Å². The molecule has 1 amide bonds. The number of guanidine groups is 1. The highest BCUT2D eigenvalue weighted by Crippen LogP contribution is 2.10. The molecule has 0 radical (unpaired) electrons. The fourth-order valence-electron chi connectivity index (χ4n) is 2.53. The highest BCUT2D eigenvalue weighted by atomic mass is 16.5. The number of amides is 1. The van der Waals surface area contributed by atoms with Crippen molar-refractivity contribution in [2.45, 2.75) is 32.2 Å². The van der Waals surface area contributed by atoms with Crippen molar-refractivity contribution in [2.24, 2.45) is 4.99 Å². The number of hydrogen-bond donors (Lipinski definition) is 2. The molecule has 7 heteroatoms. The number of aliphatic imine (C=N–C) groups is 1. The molecule has 1 saturated heterocycles. The minimum Gasteiger partial charge on any atom is -0.385 e.